The SMILES string of the molecule is CC.CNC(CC(=O)OC)c1ccccc1. The number of rotatable bonds is 4. The van der Waals surface area contributed by atoms with Gasteiger partial charge in [-0.05, 0) is 12.6 Å². The predicted molar refractivity (Wildman–Crippen MR) is 66.2 cm³/mol. The van der Waals surface area contributed by atoms with Gasteiger partial charge in [0, 0.05) is 6.04 Å². The maximum atomic E-state index is 11.1. The molecule has 0 spiro atoms. The minimum Gasteiger partial charge on any atom is -0.469 e. The highest BCUT2D eigenvalue weighted by Gasteiger charge is 2.13. The van der Waals surface area contributed by atoms with Crippen LogP contribution in [0.2, 0.25) is 0 Å². The highest BCUT2D eigenvalue weighted by molar-refractivity contribution is 5.70. The highest BCUT2D eigenvalue weighted by Crippen LogP contribution is 2.15. The Hall–Kier alpha value is -1.35. The molecule has 0 amide bonds. The summed E-state index contributed by atoms with van der Waals surface area (Å²) in [6.07, 6.45) is 0.358. The van der Waals surface area contributed by atoms with Gasteiger partial charge in [0.15, 0.2) is 0 Å². The lowest BCUT2D eigenvalue weighted by molar-refractivity contribution is -0.141. The van der Waals surface area contributed by atoms with E-state index in [0.717, 1.165) is 5.56 Å². The number of carbonyl (C=O) groups excluding carboxylic acids is 1. The summed E-state index contributed by atoms with van der Waals surface area (Å²) < 4.78 is 4.63. The number of benzene rings is 1. The average Bonchev–Trinajstić information content (AvgIpc) is 2.39. The van der Waals surface area contributed by atoms with Gasteiger partial charge in [0.05, 0.1) is 13.5 Å². The third-order valence-electron chi connectivity index (χ3n) is 2.15. The molecule has 0 heterocycles. The van der Waals surface area contributed by atoms with Crippen molar-refractivity contribution in [3.8, 4) is 0 Å². The predicted octanol–water partition coefficient (Wildman–Crippen LogP) is 2.54. The fraction of sp³-hybridized carbons (Fsp3) is 0.462. The molecule has 0 fully saturated rings. The second-order valence-corrected chi connectivity index (χ2v) is 3.03. The molecule has 0 radical (unpaired) electrons. The third-order valence-corrected chi connectivity index (χ3v) is 2.15. The number of nitrogens with one attached hydrogen (secondary N) is 1. The molecule has 1 aromatic rings. The van der Waals surface area contributed by atoms with Crippen LogP contribution in [0.1, 0.15) is 31.9 Å². The molecule has 3 nitrogen and oxygen atoms in total. The third kappa shape index (κ3) is 4.94. The summed E-state index contributed by atoms with van der Waals surface area (Å²) in [5.41, 5.74) is 1.10. The van der Waals surface area contributed by atoms with Crippen molar-refractivity contribution in [1.29, 1.82) is 0 Å². The second-order valence-electron chi connectivity index (χ2n) is 3.03. The van der Waals surface area contributed by atoms with Crippen LogP contribution in [0.3, 0.4) is 0 Å². The Balaban J connectivity index is 0.00000106. The van der Waals surface area contributed by atoms with E-state index in [1.807, 2.05) is 51.2 Å². The number of hydrogen-bond donors (Lipinski definition) is 1. The molecule has 90 valence electrons. The van der Waals surface area contributed by atoms with Crippen molar-refractivity contribution in [1.82, 2.24) is 5.32 Å². The largest absolute Gasteiger partial charge is 0.469 e. The van der Waals surface area contributed by atoms with Crippen LogP contribution in [0.4, 0.5) is 0 Å². The molecule has 3 heteroatoms. The lowest BCUT2D eigenvalue weighted by Crippen LogP contribution is -2.20. The van der Waals surface area contributed by atoms with Crippen LogP contribution in [-0.4, -0.2) is 20.1 Å². The fourth-order valence-electron chi connectivity index (χ4n) is 1.32. The van der Waals surface area contributed by atoms with Crippen molar-refractivity contribution < 1.29 is 9.53 Å². The van der Waals surface area contributed by atoms with E-state index in [2.05, 4.69) is 10.1 Å². The van der Waals surface area contributed by atoms with E-state index in [1.54, 1.807) is 0 Å². The first-order valence-corrected chi connectivity index (χ1v) is 5.57. The summed E-state index contributed by atoms with van der Waals surface area (Å²) in [5, 5.41) is 3.08. The molecule has 0 saturated heterocycles. The van der Waals surface area contributed by atoms with Crippen molar-refractivity contribution in [2.75, 3.05) is 14.2 Å². The van der Waals surface area contributed by atoms with E-state index < -0.39 is 0 Å². The molecule has 0 saturated carbocycles. The Labute approximate surface area is 97.8 Å². The molecule has 1 unspecified atom stereocenters. The Morgan fingerprint density at radius 3 is 2.31 bits per heavy atom. The topological polar surface area (TPSA) is 38.3 Å². The van der Waals surface area contributed by atoms with E-state index in [0.29, 0.717) is 6.42 Å². The quantitative estimate of drug-likeness (QED) is 0.797. The van der Waals surface area contributed by atoms with Crippen molar-refractivity contribution in [3.63, 3.8) is 0 Å². The zero-order chi connectivity index (χ0) is 12.4. The summed E-state index contributed by atoms with van der Waals surface area (Å²) in [7, 11) is 3.24. The van der Waals surface area contributed by atoms with Crippen LogP contribution in [0.25, 0.3) is 0 Å². The number of ether oxygens (including phenoxy) is 1. The minimum absolute atomic E-state index is 0.0312. The van der Waals surface area contributed by atoms with Crippen LogP contribution in [0.15, 0.2) is 30.3 Å². The van der Waals surface area contributed by atoms with Crippen molar-refractivity contribution in [2.24, 2.45) is 0 Å². The molecule has 0 aliphatic rings. The van der Waals surface area contributed by atoms with Gasteiger partial charge in [-0.1, -0.05) is 44.2 Å². The molecule has 0 aromatic heterocycles. The van der Waals surface area contributed by atoms with Gasteiger partial charge < -0.3 is 10.1 Å². The molecule has 0 aliphatic carbocycles. The molecule has 0 aliphatic heterocycles. The van der Waals surface area contributed by atoms with E-state index in [9.17, 15) is 4.79 Å². The van der Waals surface area contributed by atoms with Gasteiger partial charge in [0.2, 0.25) is 0 Å². The van der Waals surface area contributed by atoms with Gasteiger partial charge >= 0.3 is 5.97 Å². The molecular weight excluding hydrogens is 202 g/mol. The van der Waals surface area contributed by atoms with E-state index >= 15 is 0 Å². The van der Waals surface area contributed by atoms with E-state index in [-0.39, 0.29) is 12.0 Å². The lowest BCUT2D eigenvalue weighted by Gasteiger charge is -2.14. The Morgan fingerprint density at radius 1 is 1.31 bits per heavy atom. The van der Waals surface area contributed by atoms with Crippen LogP contribution >= 0.6 is 0 Å². The average molecular weight is 223 g/mol. The van der Waals surface area contributed by atoms with Crippen molar-refractivity contribution in [3.05, 3.63) is 35.9 Å². The van der Waals surface area contributed by atoms with E-state index in [4.69, 9.17) is 0 Å². The van der Waals surface area contributed by atoms with Gasteiger partial charge in [0.1, 0.15) is 0 Å². The molecular formula is C13H21NO2. The Kier molecular flexibility index (Phi) is 8.17. The van der Waals surface area contributed by atoms with Crippen molar-refractivity contribution >= 4 is 5.97 Å². The van der Waals surface area contributed by atoms with Crippen LogP contribution in [0.5, 0.6) is 0 Å². The van der Waals surface area contributed by atoms with Crippen molar-refractivity contribution in [2.45, 2.75) is 26.3 Å². The first-order chi connectivity index (χ1) is 7.77. The number of methoxy groups -OCH3 is 1. The maximum Gasteiger partial charge on any atom is 0.307 e. The number of hydrogen-bond acceptors (Lipinski definition) is 3. The van der Waals surface area contributed by atoms with Gasteiger partial charge in [-0.15, -0.1) is 0 Å². The summed E-state index contributed by atoms with van der Waals surface area (Å²) in [4.78, 5) is 11.1. The van der Waals surface area contributed by atoms with Crippen LogP contribution < -0.4 is 5.32 Å². The summed E-state index contributed by atoms with van der Waals surface area (Å²) in [6, 6.07) is 9.87. The summed E-state index contributed by atoms with van der Waals surface area (Å²) >= 11 is 0. The minimum atomic E-state index is -0.201. The molecule has 16 heavy (non-hydrogen) atoms. The fourth-order valence-corrected chi connectivity index (χ4v) is 1.32. The molecule has 1 atom stereocenters. The molecule has 1 N–H and O–H groups in total. The Morgan fingerprint density at radius 2 is 1.88 bits per heavy atom. The normalized spacial score (nSPS) is 11.0. The highest BCUT2D eigenvalue weighted by atomic mass is 16.5. The summed E-state index contributed by atoms with van der Waals surface area (Å²) in [5.74, 6) is -0.201. The zero-order valence-corrected chi connectivity index (χ0v) is 10.5. The Bertz CT molecular complexity index is 285. The number of esters is 1. The van der Waals surface area contributed by atoms with Gasteiger partial charge in [-0.2, -0.15) is 0 Å². The number of carbonyl (C=O) groups is 1. The molecule has 0 bridgehead atoms. The van der Waals surface area contributed by atoms with Gasteiger partial charge in [-0.3, -0.25) is 4.79 Å². The van der Waals surface area contributed by atoms with E-state index in [1.165, 1.54) is 7.11 Å². The maximum absolute atomic E-state index is 11.1. The van der Waals surface area contributed by atoms with Gasteiger partial charge in [-0.25, -0.2) is 0 Å². The second kappa shape index (κ2) is 8.92. The standard InChI is InChI=1S/C11H15NO2.C2H6/c1-12-10(8-11(13)14-2)9-6-4-3-5-7-9;1-2/h3-7,10,12H,8H2,1-2H3;1-2H3. The first kappa shape index (κ1) is 14.6. The molecule has 1 aromatic carbocycles. The first-order valence-electron chi connectivity index (χ1n) is 5.57. The summed E-state index contributed by atoms with van der Waals surface area (Å²) in [6.45, 7) is 4.00. The lowest BCUT2D eigenvalue weighted by atomic mass is 10.0. The zero-order valence-electron chi connectivity index (χ0n) is 10.5. The molecule has 1 rings (SSSR count). The monoisotopic (exact) mass is 223 g/mol. The smallest absolute Gasteiger partial charge is 0.307 e. The van der Waals surface area contributed by atoms with Crippen LogP contribution in [0, 0.1) is 0 Å². The van der Waals surface area contributed by atoms with Crippen LogP contribution in [-0.2, 0) is 9.53 Å². The van der Waals surface area contributed by atoms with Gasteiger partial charge in [0.25, 0.3) is 0 Å².